The summed E-state index contributed by atoms with van der Waals surface area (Å²) in [7, 11) is 0. The molecule has 0 saturated carbocycles. The van der Waals surface area contributed by atoms with Crippen molar-refractivity contribution < 1.29 is 13.6 Å². The van der Waals surface area contributed by atoms with Crippen LogP contribution in [0.3, 0.4) is 0 Å². The molecule has 6 heteroatoms. The first kappa shape index (κ1) is 16.9. The maximum Gasteiger partial charge on any atom is 0.288 e. The number of rotatable bonds is 6. The summed E-state index contributed by atoms with van der Waals surface area (Å²) in [5.74, 6) is -2.53. The predicted octanol–water partition coefficient (Wildman–Crippen LogP) is 3.72. The van der Waals surface area contributed by atoms with E-state index in [-0.39, 0.29) is 11.4 Å². The number of carbonyl (C=O) groups excluding carboxylic acids is 1. The van der Waals surface area contributed by atoms with Crippen LogP contribution in [-0.4, -0.2) is 23.7 Å². The van der Waals surface area contributed by atoms with Crippen molar-refractivity contribution >= 4 is 23.4 Å². The van der Waals surface area contributed by atoms with Crippen molar-refractivity contribution in [3.05, 3.63) is 24.3 Å². The molecule has 3 nitrogen and oxygen atoms in total. The number of thioether (sulfide) groups is 1. The van der Waals surface area contributed by atoms with Crippen molar-refractivity contribution in [3.8, 4) is 0 Å². The third-order valence-electron chi connectivity index (χ3n) is 2.37. The first-order valence-corrected chi connectivity index (χ1v) is 7.24. The Morgan fingerprint density at radius 1 is 1.25 bits per heavy atom. The Morgan fingerprint density at radius 2 is 1.85 bits per heavy atom. The molecule has 1 rings (SSSR count). The van der Waals surface area contributed by atoms with Crippen LogP contribution in [0.5, 0.6) is 0 Å². The standard InChI is InChI=1S/C14H20F2N2OS/c1-14(2,3)17-9-8-12(19)18-10-4-6-11(7-5-10)20-13(15)16/h4-7,13,17H,8-9H2,1-3H3,(H,18,19). The van der Waals surface area contributed by atoms with E-state index in [4.69, 9.17) is 0 Å². The Balaban J connectivity index is 2.38. The topological polar surface area (TPSA) is 41.1 Å². The molecule has 2 N–H and O–H groups in total. The van der Waals surface area contributed by atoms with Gasteiger partial charge in [-0.3, -0.25) is 4.79 Å². The van der Waals surface area contributed by atoms with E-state index in [0.29, 0.717) is 35.3 Å². The Morgan fingerprint density at radius 3 is 2.35 bits per heavy atom. The highest BCUT2D eigenvalue weighted by Gasteiger charge is 2.10. The number of alkyl halides is 2. The first-order chi connectivity index (χ1) is 9.26. The smallest absolute Gasteiger partial charge is 0.288 e. The lowest BCUT2D eigenvalue weighted by atomic mass is 10.1. The quantitative estimate of drug-likeness (QED) is 0.787. The van der Waals surface area contributed by atoms with Crippen molar-refractivity contribution in [1.29, 1.82) is 0 Å². The van der Waals surface area contributed by atoms with Gasteiger partial charge in [0.2, 0.25) is 5.91 Å². The minimum absolute atomic E-state index is 0.0194. The van der Waals surface area contributed by atoms with Crippen LogP contribution < -0.4 is 10.6 Å². The number of hydrogen-bond acceptors (Lipinski definition) is 3. The fourth-order valence-electron chi connectivity index (χ4n) is 1.49. The average molecular weight is 302 g/mol. The number of nitrogens with one attached hydrogen (secondary N) is 2. The molecule has 20 heavy (non-hydrogen) atoms. The van der Waals surface area contributed by atoms with Gasteiger partial charge in [0.25, 0.3) is 5.76 Å². The summed E-state index contributed by atoms with van der Waals surface area (Å²) < 4.78 is 24.3. The van der Waals surface area contributed by atoms with Gasteiger partial charge in [-0.25, -0.2) is 0 Å². The van der Waals surface area contributed by atoms with E-state index in [1.54, 1.807) is 24.3 Å². The molecule has 0 radical (unpaired) electrons. The molecule has 0 fully saturated rings. The van der Waals surface area contributed by atoms with Crippen molar-refractivity contribution in [2.24, 2.45) is 0 Å². The zero-order valence-electron chi connectivity index (χ0n) is 11.9. The lowest BCUT2D eigenvalue weighted by Crippen LogP contribution is -2.37. The molecule has 0 heterocycles. The number of benzene rings is 1. The minimum Gasteiger partial charge on any atom is -0.326 e. The zero-order valence-corrected chi connectivity index (χ0v) is 12.7. The lowest BCUT2D eigenvalue weighted by Gasteiger charge is -2.20. The summed E-state index contributed by atoms with van der Waals surface area (Å²) in [5, 5.41) is 5.95. The van der Waals surface area contributed by atoms with Crippen LogP contribution in [0.2, 0.25) is 0 Å². The monoisotopic (exact) mass is 302 g/mol. The van der Waals surface area contributed by atoms with Gasteiger partial charge >= 0.3 is 0 Å². The summed E-state index contributed by atoms with van der Waals surface area (Å²) in [6.45, 7) is 6.69. The van der Waals surface area contributed by atoms with E-state index in [1.165, 1.54) is 0 Å². The molecule has 0 unspecified atom stereocenters. The molecule has 1 aromatic carbocycles. The van der Waals surface area contributed by atoms with E-state index in [2.05, 4.69) is 10.6 Å². The molecule has 112 valence electrons. The molecule has 0 saturated heterocycles. The second-order valence-electron chi connectivity index (χ2n) is 5.38. The predicted molar refractivity (Wildman–Crippen MR) is 79.3 cm³/mol. The maximum atomic E-state index is 12.2. The average Bonchev–Trinajstić information content (AvgIpc) is 2.29. The Hall–Kier alpha value is -1.14. The molecule has 0 aromatic heterocycles. The van der Waals surface area contributed by atoms with Crippen LogP contribution >= 0.6 is 11.8 Å². The van der Waals surface area contributed by atoms with Crippen molar-refractivity contribution in [3.63, 3.8) is 0 Å². The largest absolute Gasteiger partial charge is 0.326 e. The maximum absolute atomic E-state index is 12.2. The van der Waals surface area contributed by atoms with Gasteiger partial charge in [0, 0.05) is 29.1 Å². The van der Waals surface area contributed by atoms with Crippen molar-refractivity contribution in [2.75, 3.05) is 11.9 Å². The van der Waals surface area contributed by atoms with Gasteiger partial charge in [-0.1, -0.05) is 11.8 Å². The number of amides is 1. The second kappa shape index (κ2) is 7.59. The summed E-state index contributed by atoms with van der Waals surface area (Å²) >= 11 is 0.487. The second-order valence-corrected chi connectivity index (χ2v) is 6.44. The van der Waals surface area contributed by atoms with Gasteiger partial charge in [0.05, 0.1) is 0 Å². The molecule has 0 bridgehead atoms. The van der Waals surface area contributed by atoms with Crippen LogP contribution in [0.15, 0.2) is 29.2 Å². The Kier molecular flexibility index (Phi) is 6.42. The SMILES string of the molecule is CC(C)(C)NCCC(=O)Nc1ccc(SC(F)F)cc1. The van der Waals surface area contributed by atoms with Gasteiger partial charge in [-0.2, -0.15) is 8.78 Å². The molecular formula is C14H20F2N2OS. The van der Waals surface area contributed by atoms with E-state index in [0.717, 1.165) is 0 Å². The van der Waals surface area contributed by atoms with Crippen LogP contribution in [0.1, 0.15) is 27.2 Å². The van der Waals surface area contributed by atoms with Crippen molar-refractivity contribution in [2.45, 2.75) is 43.4 Å². The fraction of sp³-hybridized carbons (Fsp3) is 0.500. The van der Waals surface area contributed by atoms with Gasteiger partial charge in [-0.15, -0.1) is 0 Å². The van der Waals surface area contributed by atoms with Gasteiger partial charge in [-0.05, 0) is 45.0 Å². The molecule has 1 aromatic rings. The van der Waals surface area contributed by atoms with E-state index in [1.807, 2.05) is 20.8 Å². The molecule has 1 amide bonds. The van der Waals surface area contributed by atoms with Gasteiger partial charge in [0.1, 0.15) is 0 Å². The highest BCUT2D eigenvalue weighted by atomic mass is 32.2. The lowest BCUT2D eigenvalue weighted by molar-refractivity contribution is -0.116. The Bertz CT molecular complexity index is 430. The molecule has 0 aliphatic rings. The number of carbonyl (C=O) groups is 1. The summed E-state index contributed by atoms with van der Waals surface area (Å²) in [6, 6.07) is 6.39. The van der Waals surface area contributed by atoms with Crippen molar-refractivity contribution in [1.82, 2.24) is 5.32 Å². The zero-order chi connectivity index (χ0) is 15.2. The molecule has 0 aliphatic carbocycles. The molecule has 0 spiro atoms. The van der Waals surface area contributed by atoms with Gasteiger partial charge < -0.3 is 10.6 Å². The van der Waals surface area contributed by atoms with Crippen LogP contribution in [-0.2, 0) is 4.79 Å². The molecule has 0 aliphatic heterocycles. The van der Waals surface area contributed by atoms with E-state index >= 15 is 0 Å². The highest BCUT2D eigenvalue weighted by Crippen LogP contribution is 2.26. The number of halogens is 2. The highest BCUT2D eigenvalue weighted by molar-refractivity contribution is 7.99. The minimum atomic E-state index is -2.43. The third-order valence-corrected chi connectivity index (χ3v) is 3.09. The van der Waals surface area contributed by atoms with Gasteiger partial charge in [0.15, 0.2) is 0 Å². The summed E-state index contributed by atoms with van der Waals surface area (Å²) in [4.78, 5) is 12.2. The van der Waals surface area contributed by atoms with Crippen LogP contribution in [0.4, 0.5) is 14.5 Å². The summed E-state index contributed by atoms with van der Waals surface area (Å²) in [6.07, 6.45) is 0.366. The number of hydrogen-bond donors (Lipinski definition) is 2. The van der Waals surface area contributed by atoms with E-state index in [9.17, 15) is 13.6 Å². The van der Waals surface area contributed by atoms with Crippen LogP contribution in [0, 0.1) is 0 Å². The molecule has 0 atom stereocenters. The fourth-order valence-corrected chi connectivity index (χ4v) is 1.99. The van der Waals surface area contributed by atoms with E-state index < -0.39 is 5.76 Å². The summed E-state index contributed by atoms with van der Waals surface area (Å²) in [5.41, 5.74) is 0.596. The Labute approximate surface area is 122 Å². The number of anilines is 1. The normalized spacial score (nSPS) is 11.7. The first-order valence-electron chi connectivity index (χ1n) is 6.36. The third kappa shape index (κ3) is 7.45. The van der Waals surface area contributed by atoms with Crippen LogP contribution in [0.25, 0.3) is 0 Å². The molecular weight excluding hydrogens is 282 g/mol.